The molecule has 0 unspecified atom stereocenters. The molecule has 2 rings (SSSR count). The van der Waals surface area contributed by atoms with E-state index in [2.05, 4.69) is 0 Å². The Morgan fingerprint density at radius 2 is 2.10 bits per heavy atom. The molecule has 0 aliphatic rings. The summed E-state index contributed by atoms with van der Waals surface area (Å²) >= 11 is 6.07. The molecular weight excluding hydrogens is 298 g/mol. The predicted octanol–water partition coefficient (Wildman–Crippen LogP) is 1.68. The lowest BCUT2D eigenvalue weighted by atomic mass is 10.1. The average molecular weight is 309 g/mol. The van der Waals surface area contributed by atoms with Crippen LogP contribution in [-0.2, 0) is 6.54 Å². The Morgan fingerprint density at radius 3 is 2.67 bits per heavy atom. The van der Waals surface area contributed by atoms with Gasteiger partial charge in [0.25, 0.3) is 0 Å². The number of aromatic carboxylic acids is 1. The largest absolute Gasteiger partial charge is 0.478 e. The highest BCUT2D eigenvalue weighted by atomic mass is 35.5. The number of nitro groups is 1. The van der Waals surface area contributed by atoms with Gasteiger partial charge in [-0.15, -0.1) is 0 Å². The van der Waals surface area contributed by atoms with Crippen molar-refractivity contribution in [2.24, 2.45) is 5.73 Å². The van der Waals surface area contributed by atoms with Gasteiger partial charge in [-0.25, -0.2) is 4.79 Å². The van der Waals surface area contributed by atoms with Gasteiger partial charge in [-0.3, -0.25) is 10.1 Å². The standard InChI is InChI=1S/C13H10ClN3O4/c14-11-9(13(18)19)4-5-10(17(20)21)12(11)16-6-2-1-3-8(16)7-15/h1-6H,7,15H2/p+1. The lowest BCUT2D eigenvalue weighted by Crippen LogP contribution is -2.38. The molecule has 0 aliphatic heterocycles. The third-order valence-corrected chi connectivity index (χ3v) is 3.30. The topological polar surface area (TPSA) is 110 Å². The minimum Gasteiger partial charge on any atom is -0.478 e. The lowest BCUT2D eigenvalue weighted by molar-refractivity contribution is -0.609. The zero-order valence-corrected chi connectivity index (χ0v) is 11.4. The molecule has 0 amide bonds. The first-order valence-electron chi connectivity index (χ1n) is 5.87. The number of nitro benzene ring substituents is 1. The second kappa shape index (κ2) is 5.86. The number of pyridine rings is 1. The Morgan fingerprint density at radius 1 is 1.38 bits per heavy atom. The van der Waals surface area contributed by atoms with Crippen LogP contribution in [0.1, 0.15) is 16.1 Å². The van der Waals surface area contributed by atoms with Crippen LogP contribution in [0.15, 0.2) is 36.5 Å². The minimum atomic E-state index is -1.26. The summed E-state index contributed by atoms with van der Waals surface area (Å²) in [5.41, 5.74) is 5.65. The van der Waals surface area contributed by atoms with Crippen LogP contribution in [-0.4, -0.2) is 16.0 Å². The van der Waals surface area contributed by atoms with Crippen LogP contribution >= 0.6 is 11.6 Å². The Hall–Kier alpha value is -2.51. The molecule has 1 aromatic heterocycles. The molecule has 0 bridgehead atoms. The van der Waals surface area contributed by atoms with Crippen LogP contribution in [0.3, 0.4) is 0 Å². The summed E-state index contributed by atoms with van der Waals surface area (Å²) in [4.78, 5) is 21.7. The molecule has 1 aromatic carbocycles. The number of nitrogens with two attached hydrogens (primary N) is 1. The van der Waals surface area contributed by atoms with Gasteiger partial charge < -0.3 is 10.8 Å². The van der Waals surface area contributed by atoms with Crippen molar-refractivity contribution in [3.05, 3.63) is 62.9 Å². The first-order valence-corrected chi connectivity index (χ1v) is 6.25. The molecule has 1 heterocycles. The quantitative estimate of drug-likeness (QED) is 0.507. The molecule has 8 heteroatoms. The summed E-state index contributed by atoms with van der Waals surface area (Å²) in [5.74, 6) is -1.26. The SMILES string of the molecule is NCc1cccc[n+]1-c1c([N+](=O)[O-])ccc(C(=O)O)c1Cl. The summed E-state index contributed by atoms with van der Waals surface area (Å²) in [6, 6.07) is 7.27. The van der Waals surface area contributed by atoms with Crippen molar-refractivity contribution in [3.8, 4) is 5.69 Å². The highest BCUT2D eigenvalue weighted by Gasteiger charge is 2.31. The number of rotatable bonds is 4. The Balaban J connectivity index is 2.84. The highest BCUT2D eigenvalue weighted by molar-refractivity contribution is 6.35. The van der Waals surface area contributed by atoms with E-state index in [0.29, 0.717) is 5.69 Å². The first-order chi connectivity index (χ1) is 9.97. The van der Waals surface area contributed by atoms with Gasteiger partial charge in [0.15, 0.2) is 6.20 Å². The van der Waals surface area contributed by atoms with Crippen LogP contribution in [0.25, 0.3) is 5.69 Å². The molecule has 0 saturated heterocycles. The molecule has 0 saturated carbocycles. The summed E-state index contributed by atoms with van der Waals surface area (Å²) in [5, 5.41) is 20.1. The second-order valence-corrected chi connectivity index (χ2v) is 4.50. The van der Waals surface area contributed by atoms with Gasteiger partial charge >= 0.3 is 17.3 Å². The van der Waals surface area contributed by atoms with E-state index in [9.17, 15) is 14.9 Å². The van der Waals surface area contributed by atoms with Gasteiger partial charge in [0.2, 0.25) is 5.69 Å². The van der Waals surface area contributed by atoms with Crippen molar-refractivity contribution in [2.45, 2.75) is 6.54 Å². The maximum absolute atomic E-state index is 11.2. The van der Waals surface area contributed by atoms with Gasteiger partial charge in [-0.05, 0) is 6.07 Å². The van der Waals surface area contributed by atoms with E-state index in [0.717, 1.165) is 12.1 Å². The van der Waals surface area contributed by atoms with Crippen LogP contribution in [0.2, 0.25) is 5.02 Å². The molecule has 21 heavy (non-hydrogen) atoms. The molecular formula is C13H11ClN3O4+. The van der Waals surface area contributed by atoms with E-state index in [4.69, 9.17) is 22.4 Å². The molecule has 3 N–H and O–H groups in total. The van der Waals surface area contributed by atoms with Crippen LogP contribution in [0.5, 0.6) is 0 Å². The van der Waals surface area contributed by atoms with Crippen LogP contribution in [0.4, 0.5) is 5.69 Å². The van der Waals surface area contributed by atoms with E-state index in [1.54, 1.807) is 24.4 Å². The van der Waals surface area contributed by atoms with Crippen molar-refractivity contribution in [2.75, 3.05) is 0 Å². The normalized spacial score (nSPS) is 10.4. The fourth-order valence-corrected chi connectivity index (χ4v) is 2.29. The molecule has 0 fully saturated rings. The number of aromatic nitrogens is 1. The van der Waals surface area contributed by atoms with Crippen molar-refractivity contribution in [3.63, 3.8) is 0 Å². The molecule has 7 nitrogen and oxygen atoms in total. The molecule has 2 aromatic rings. The van der Waals surface area contributed by atoms with Crippen LogP contribution in [0, 0.1) is 10.1 Å². The number of halogens is 1. The lowest BCUT2D eigenvalue weighted by Gasteiger charge is -2.06. The summed E-state index contributed by atoms with van der Waals surface area (Å²) in [6.07, 6.45) is 1.54. The number of benzene rings is 1. The van der Waals surface area contributed by atoms with E-state index in [1.165, 1.54) is 4.57 Å². The van der Waals surface area contributed by atoms with E-state index in [1.807, 2.05) is 0 Å². The predicted molar refractivity (Wildman–Crippen MR) is 74.5 cm³/mol. The third-order valence-electron chi connectivity index (χ3n) is 2.92. The highest BCUT2D eigenvalue weighted by Crippen LogP contribution is 2.30. The number of nitrogens with zero attached hydrogens (tertiary/aromatic N) is 2. The Kier molecular flexibility index (Phi) is 4.15. The van der Waals surface area contributed by atoms with Gasteiger partial charge in [-0.1, -0.05) is 17.7 Å². The fourth-order valence-electron chi connectivity index (χ4n) is 1.96. The number of hydrogen-bond donors (Lipinski definition) is 2. The molecule has 0 aliphatic carbocycles. The van der Waals surface area contributed by atoms with Gasteiger partial charge in [0.1, 0.15) is 5.02 Å². The van der Waals surface area contributed by atoms with Gasteiger partial charge in [0, 0.05) is 18.2 Å². The van der Waals surface area contributed by atoms with Gasteiger partial charge in [0.05, 0.1) is 17.0 Å². The first kappa shape index (κ1) is 14.9. The number of carboxylic acid groups (broad SMARTS) is 1. The summed E-state index contributed by atoms with van der Waals surface area (Å²) < 4.78 is 1.42. The maximum atomic E-state index is 11.2. The number of hydrogen-bond acceptors (Lipinski definition) is 4. The van der Waals surface area contributed by atoms with Crippen molar-refractivity contribution in [1.82, 2.24) is 0 Å². The monoisotopic (exact) mass is 308 g/mol. The average Bonchev–Trinajstić information content (AvgIpc) is 2.46. The minimum absolute atomic E-state index is 0.0115. The fraction of sp³-hybridized carbons (Fsp3) is 0.0769. The molecule has 0 radical (unpaired) electrons. The zero-order valence-electron chi connectivity index (χ0n) is 10.7. The van der Waals surface area contributed by atoms with Crippen molar-refractivity contribution in [1.29, 1.82) is 0 Å². The van der Waals surface area contributed by atoms with Crippen LogP contribution < -0.4 is 10.3 Å². The molecule has 0 spiro atoms. The number of carboxylic acids is 1. The van der Waals surface area contributed by atoms with Crippen molar-refractivity contribution < 1.29 is 19.4 Å². The van der Waals surface area contributed by atoms with Crippen molar-refractivity contribution >= 4 is 23.3 Å². The smallest absolute Gasteiger partial charge is 0.342 e. The van der Waals surface area contributed by atoms with E-state index < -0.39 is 10.9 Å². The molecule has 0 atom stereocenters. The number of carbonyl (C=O) groups is 1. The van der Waals surface area contributed by atoms with E-state index >= 15 is 0 Å². The van der Waals surface area contributed by atoms with Gasteiger partial charge in [-0.2, -0.15) is 4.57 Å². The zero-order chi connectivity index (χ0) is 15.6. The Bertz CT molecular complexity index is 733. The summed E-state index contributed by atoms with van der Waals surface area (Å²) in [6.45, 7) is 0.117. The maximum Gasteiger partial charge on any atom is 0.342 e. The van der Waals surface area contributed by atoms with E-state index in [-0.39, 0.29) is 28.5 Å². The third kappa shape index (κ3) is 2.69. The molecule has 108 valence electrons. The second-order valence-electron chi connectivity index (χ2n) is 4.12. The summed E-state index contributed by atoms with van der Waals surface area (Å²) in [7, 11) is 0. The Labute approximate surface area is 124 Å².